The fourth-order valence-electron chi connectivity index (χ4n) is 3.99. The van der Waals surface area contributed by atoms with Crippen LogP contribution in [0, 0.1) is 11.8 Å². The lowest BCUT2D eigenvalue weighted by molar-refractivity contribution is -0.126. The summed E-state index contributed by atoms with van der Waals surface area (Å²) in [6.07, 6.45) is 5.30. The molecule has 2 atom stereocenters. The summed E-state index contributed by atoms with van der Waals surface area (Å²) in [6, 6.07) is 7.66. The van der Waals surface area contributed by atoms with Crippen LogP contribution in [0.25, 0.3) is 0 Å². The summed E-state index contributed by atoms with van der Waals surface area (Å²) in [4.78, 5) is 23.9. The topological polar surface area (TPSA) is 76.6 Å². The second-order valence-electron chi connectivity index (χ2n) is 7.97. The third-order valence-electron chi connectivity index (χ3n) is 5.52. The van der Waals surface area contributed by atoms with Gasteiger partial charge in [0, 0.05) is 25.5 Å². The van der Waals surface area contributed by atoms with Crippen LogP contribution in [0.1, 0.15) is 38.3 Å². The van der Waals surface area contributed by atoms with E-state index < -0.39 is 0 Å². The number of hydrogen-bond donors (Lipinski definition) is 1. The summed E-state index contributed by atoms with van der Waals surface area (Å²) in [6.45, 7) is 6.87. The molecule has 0 unspecified atom stereocenters. The number of nitrogens with one attached hydrogen (secondary N) is 1. The summed E-state index contributed by atoms with van der Waals surface area (Å²) >= 11 is 0. The number of hydrogen-bond acceptors (Lipinski definition) is 6. The van der Waals surface area contributed by atoms with Gasteiger partial charge in [0.2, 0.25) is 11.9 Å². The number of aromatic nitrogens is 2. The fourth-order valence-corrected chi connectivity index (χ4v) is 3.99. The molecule has 1 aromatic heterocycles. The van der Waals surface area contributed by atoms with Crippen LogP contribution in [0.5, 0.6) is 11.5 Å². The van der Waals surface area contributed by atoms with Crippen LogP contribution in [-0.4, -0.2) is 42.2 Å². The fraction of sp³-hybridized carbons (Fsp3) is 0.500. The molecule has 0 radical (unpaired) electrons. The van der Waals surface area contributed by atoms with Crippen molar-refractivity contribution in [3.8, 4) is 11.5 Å². The monoisotopic (exact) mass is 396 g/mol. The van der Waals surface area contributed by atoms with Crippen molar-refractivity contribution >= 4 is 11.9 Å². The van der Waals surface area contributed by atoms with E-state index in [2.05, 4.69) is 34.0 Å². The number of piperidine rings is 1. The molecule has 3 heterocycles. The van der Waals surface area contributed by atoms with Crippen molar-refractivity contribution in [3.63, 3.8) is 0 Å². The number of fused-ring (bicyclic) bond motifs is 1. The number of carbonyl (C=O) groups excluding carboxylic acids is 1. The van der Waals surface area contributed by atoms with Crippen LogP contribution in [0.2, 0.25) is 0 Å². The SMILES string of the molecule is CC(C)[C@@H](NC(=O)[C@H]1CCCN(c2ncccn2)C1)c1ccc2c(c1)OCCO2. The number of ether oxygens (including phenoxy) is 2. The molecule has 0 bridgehead atoms. The van der Waals surface area contributed by atoms with E-state index in [-0.39, 0.29) is 23.8 Å². The van der Waals surface area contributed by atoms with E-state index in [4.69, 9.17) is 9.47 Å². The van der Waals surface area contributed by atoms with Crippen LogP contribution < -0.4 is 19.7 Å². The maximum atomic E-state index is 13.1. The Morgan fingerprint density at radius 2 is 1.93 bits per heavy atom. The molecule has 1 amide bonds. The third-order valence-corrected chi connectivity index (χ3v) is 5.52. The predicted molar refractivity (Wildman–Crippen MR) is 110 cm³/mol. The minimum Gasteiger partial charge on any atom is -0.486 e. The summed E-state index contributed by atoms with van der Waals surface area (Å²) in [5, 5.41) is 3.28. The highest BCUT2D eigenvalue weighted by Gasteiger charge is 2.30. The zero-order valence-corrected chi connectivity index (χ0v) is 17.0. The minimum absolute atomic E-state index is 0.0778. The van der Waals surface area contributed by atoms with E-state index in [0.717, 1.165) is 36.4 Å². The lowest BCUT2D eigenvalue weighted by Gasteiger charge is -2.33. The first-order valence-electron chi connectivity index (χ1n) is 10.3. The maximum absolute atomic E-state index is 13.1. The van der Waals surface area contributed by atoms with Crippen molar-refractivity contribution in [1.29, 1.82) is 0 Å². The molecule has 0 aliphatic carbocycles. The molecule has 1 N–H and O–H groups in total. The molecule has 0 spiro atoms. The molecule has 2 aliphatic heterocycles. The van der Waals surface area contributed by atoms with Gasteiger partial charge in [0.1, 0.15) is 13.2 Å². The van der Waals surface area contributed by atoms with Gasteiger partial charge in [-0.05, 0) is 42.5 Å². The van der Waals surface area contributed by atoms with Gasteiger partial charge in [-0.25, -0.2) is 9.97 Å². The van der Waals surface area contributed by atoms with Crippen LogP contribution in [0.3, 0.4) is 0 Å². The van der Waals surface area contributed by atoms with Crippen molar-refractivity contribution in [2.24, 2.45) is 11.8 Å². The average Bonchev–Trinajstić information content (AvgIpc) is 2.77. The normalized spacial score (nSPS) is 19.7. The highest BCUT2D eigenvalue weighted by atomic mass is 16.6. The minimum atomic E-state index is -0.0818. The number of amides is 1. The second kappa shape index (κ2) is 8.68. The Balaban J connectivity index is 1.46. The summed E-state index contributed by atoms with van der Waals surface area (Å²) in [5.74, 6) is 2.46. The van der Waals surface area contributed by atoms with Crippen LogP contribution in [0.4, 0.5) is 5.95 Å². The first-order chi connectivity index (χ1) is 14.1. The molecule has 7 nitrogen and oxygen atoms in total. The average molecular weight is 396 g/mol. The number of carbonyl (C=O) groups is 1. The summed E-state index contributed by atoms with van der Waals surface area (Å²) in [5.41, 5.74) is 1.04. The van der Waals surface area contributed by atoms with Crippen molar-refractivity contribution in [2.75, 3.05) is 31.2 Å². The number of rotatable bonds is 5. The van der Waals surface area contributed by atoms with Crippen molar-refractivity contribution < 1.29 is 14.3 Å². The van der Waals surface area contributed by atoms with E-state index in [1.165, 1.54) is 0 Å². The van der Waals surface area contributed by atoms with Crippen LogP contribution in [0.15, 0.2) is 36.7 Å². The molecular weight excluding hydrogens is 368 g/mol. The zero-order valence-electron chi connectivity index (χ0n) is 17.0. The Bertz CT molecular complexity index is 843. The van der Waals surface area contributed by atoms with E-state index in [9.17, 15) is 4.79 Å². The Morgan fingerprint density at radius 1 is 1.17 bits per heavy atom. The highest BCUT2D eigenvalue weighted by Crippen LogP contribution is 2.34. The van der Waals surface area contributed by atoms with E-state index in [1.807, 2.05) is 18.2 Å². The van der Waals surface area contributed by atoms with Gasteiger partial charge in [-0.1, -0.05) is 19.9 Å². The van der Waals surface area contributed by atoms with Crippen LogP contribution in [-0.2, 0) is 4.79 Å². The van der Waals surface area contributed by atoms with Gasteiger partial charge in [-0.2, -0.15) is 0 Å². The largest absolute Gasteiger partial charge is 0.486 e. The number of anilines is 1. The summed E-state index contributed by atoms with van der Waals surface area (Å²) in [7, 11) is 0. The molecule has 29 heavy (non-hydrogen) atoms. The Labute approximate surface area is 171 Å². The van der Waals surface area contributed by atoms with Crippen LogP contribution >= 0.6 is 0 Å². The van der Waals surface area contributed by atoms with Gasteiger partial charge in [-0.15, -0.1) is 0 Å². The Morgan fingerprint density at radius 3 is 2.69 bits per heavy atom. The third kappa shape index (κ3) is 4.44. The highest BCUT2D eigenvalue weighted by molar-refractivity contribution is 5.80. The zero-order chi connectivity index (χ0) is 20.2. The lowest BCUT2D eigenvalue weighted by Crippen LogP contribution is -2.45. The molecule has 1 saturated heterocycles. The smallest absolute Gasteiger partial charge is 0.225 e. The van der Waals surface area contributed by atoms with Crippen molar-refractivity contribution in [1.82, 2.24) is 15.3 Å². The molecule has 1 fully saturated rings. The molecule has 2 aliphatic rings. The molecule has 0 saturated carbocycles. The molecule has 4 rings (SSSR count). The van der Waals surface area contributed by atoms with Gasteiger partial charge in [0.25, 0.3) is 0 Å². The maximum Gasteiger partial charge on any atom is 0.225 e. The number of nitrogens with zero attached hydrogens (tertiary/aromatic N) is 3. The first kappa shape index (κ1) is 19.5. The quantitative estimate of drug-likeness (QED) is 0.837. The number of benzene rings is 1. The van der Waals surface area contributed by atoms with Gasteiger partial charge in [0.15, 0.2) is 11.5 Å². The second-order valence-corrected chi connectivity index (χ2v) is 7.97. The summed E-state index contributed by atoms with van der Waals surface area (Å²) < 4.78 is 11.3. The first-order valence-corrected chi connectivity index (χ1v) is 10.3. The molecule has 154 valence electrons. The van der Waals surface area contributed by atoms with Crippen molar-refractivity contribution in [3.05, 3.63) is 42.2 Å². The van der Waals surface area contributed by atoms with E-state index in [0.29, 0.717) is 25.7 Å². The predicted octanol–water partition coefficient (Wildman–Crippen LogP) is 2.98. The van der Waals surface area contributed by atoms with E-state index >= 15 is 0 Å². The van der Waals surface area contributed by atoms with Gasteiger partial charge >= 0.3 is 0 Å². The standard InChI is InChI=1S/C22H28N4O3/c1-15(2)20(16-6-7-18-19(13-16)29-12-11-28-18)25-21(27)17-5-3-10-26(14-17)22-23-8-4-9-24-22/h4,6-9,13,15,17,20H,3,5,10-12,14H2,1-2H3,(H,25,27)/t17-,20+/m0/s1. The van der Waals surface area contributed by atoms with Gasteiger partial charge in [0.05, 0.1) is 12.0 Å². The van der Waals surface area contributed by atoms with Crippen molar-refractivity contribution in [2.45, 2.75) is 32.7 Å². The molecular formula is C22H28N4O3. The van der Waals surface area contributed by atoms with Gasteiger partial charge < -0.3 is 19.7 Å². The molecule has 2 aromatic rings. The molecule has 1 aromatic carbocycles. The van der Waals surface area contributed by atoms with Gasteiger partial charge in [-0.3, -0.25) is 4.79 Å². The molecule has 7 heteroatoms. The Kier molecular flexibility index (Phi) is 5.83. The lowest BCUT2D eigenvalue weighted by atomic mass is 9.92. The van der Waals surface area contributed by atoms with E-state index in [1.54, 1.807) is 18.5 Å². The Hall–Kier alpha value is -2.83.